The fraction of sp³-hybridized carbons (Fsp3) is 1.00. The van der Waals surface area contributed by atoms with Crippen LogP contribution in [-0.2, 0) is 13.3 Å². The van der Waals surface area contributed by atoms with Crippen molar-refractivity contribution in [3.8, 4) is 0 Å². The van der Waals surface area contributed by atoms with Crippen LogP contribution in [0.3, 0.4) is 0 Å². The monoisotopic (exact) mass is 166 g/mol. The summed E-state index contributed by atoms with van der Waals surface area (Å²) in [5.41, 5.74) is 5.22. The lowest BCUT2D eigenvalue weighted by Gasteiger charge is -2.23. The Morgan fingerprint density at radius 2 is 1.60 bits per heavy atom. The van der Waals surface area contributed by atoms with Gasteiger partial charge in [-0.1, -0.05) is 0 Å². The van der Waals surface area contributed by atoms with Gasteiger partial charge in [0.2, 0.25) is 0 Å². The molecule has 0 aromatic heterocycles. The van der Waals surface area contributed by atoms with Gasteiger partial charge in [0.05, 0.1) is 0 Å². The number of nitrogens with two attached hydrogens (primary N) is 1. The van der Waals surface area contributed by atoms with Gasteiger partial charge in [-0.3, -0.25) is 4.98 Å². The number of hydrogen-bond donors (Lipinski definition) is 2. The molecular weight excluding hydrogens is 152 g/mol. The molecule has 0 atom stereocenters. The summed E-state index contributed by atoms with van der Waals surface area (Å²) in [6, 6.07) is 0. The highest BCUT2D eigenvalue weighted by atomic mass is 28.4. The summed E-state index contributed by atoms with van der Waals surface area (Å²) in [7, 11) is 1.95. The first kappa shape index (κ1) is 10.0. The van der Waals surface area contributed by atoms with Crippen molar-refractivity contribution >= 4 is 8.97 Å². The molecule has 0 aliphatic rings. The molecule has 0 saturated carbocycles. The zero-order valence-corrected chi connectivity index (χ0v) is 7.51. The van der Waals surface area contributed by atoms with Gasteiger partial charge in [-0.05, 0) is 0 Å². The largest absolute Gasteiger partial charge is 0.597 e. The second-order valence-electron chi connectivity index (χ2n) is 1.55. The number of nitrogens with one attached hydrogen (secondary N) is 1. The van der Waals surface area contributed by atoms with E-state index >= 15 is 0 Å². The van der Waals surface area contributed by atoms with Gasteiger partial charge in [-0.25, -0.2) is 0 Å². The molecule has 10 heavy (non-hydrogen) atoms. The van der Waals surface area contributed by atoms with E-state index in [1.54, 1.807) is 0 Å². The molecule has 5 nitrogen and oxygen atoms in total. The third-order valence-corrected chi connectivity index (χ3v) is 3.37. The molecule has 0 saturated heterocycles. The van der Waals surface area contributed by atoms with Crippen LogP contribution in [0, 0.1) is 0 Å². The topological polar surface area (TPSA) is 65.7 Å². The van der Waals surface area contributed by atoms with E-state index in [2.05, 4.69) is 4.98 Å². The summed E-state index contributed by atoms with van der Waals surface area (Å²) in [5, 5.41) is 0. The first-order valence-corrected chi connectivity index (χ1v) is 4.57. The molecule has 0 fully saturated rings. The molecule has 0 spiro atoms. The summed E-state index contributed by atoms with van der Waals surface area (Å²) in [4.78, 5) is 2.80. The third kappa shape index (κ3) is 2.33. The third-order valence-electron chi connectivity index (χ3n) is 1.12. The first-order chi connectivity index (χ1) is 4.74. The Morgan fingerprint density at radius 3 is 1.70 bits per heavy atom. The van der Waals surface area contributed by atoms with Crippen LogP contribution in [0.1, 0.15) is 0 Å². The molecule has 0 aliphatic carbocycles. The summed E-state index contributed by atoms with van der Waals surface area (Å²) < 4.78 is 14.9. The van der Waals surface area contributed by atoms with Crippen molar-refractivity contribution in [1.82, 2.24) is 4.98 Å². The van der Waals surface area contributed by atoms with Crippen molar-refractivity contribution < 1.29 is 13.3 Å². The van der Waals surface area contributed by atoms with Gasteiger partial charge in [0.15, 0.2) is 0 Å². The summed E-state index contributed by atoms with van der Waals surface area (Å²) in [5.74, 6) is 0. The molecule has 0 bridgehead atoms. The smallest absolute Gasteiger partial charge is 0.364 e. The van der Waals surface area contributed by atoms with E-state index in [9.17, 15) is 0 Å². The van der Waals surface area contributed by atoms with E-state index in [0.29, 0.717) is 0 Å². The van der Waals surface area contributed by atoms with Gasteiger partial charge in [0.1, 0.15) is 0 Å². The summed E-state index contributed by atoms with van der Waals surface area (Å²) >= 11 is 0. The Morgan fingerprint density at radius 1 is 1.20 bits per heavy atom. The zero-order chi connectivity index (χ0) is 8.04. The van der Waals surface area contributed by atoms with Crippen LogP contribution in [0.25, 0.3) is 0 Å². The number of hydrogen-bond acceptors (Lipinski definition) is 5. The fourth-order valence-corrected chi connectivity index (χ4v) is 1.77. The van der Waals surface area contributed by atoms with Gasteiger partial charge in [-0.2, -0.15) is 0 Å². The highest BCUT2D eigenvalue weighted by Gasteiger charge is 2.37. The predicted molar refractivity (Wildman–Crippen MR) is 39.0 cm³/mol. The van der Waals surface area contributed by atoms with Crippen molar-refractivity contribution in [1.29, 1.82) is 0 Å². The molecule has 0 unspecified atom stereocenters. The maximum Gasteiger partial charge on any atom is 0.597 e. The van der Waals surface area contributed by atoms with E-state index in [1.807, 2.05) is 0 Å². The fourth-order valence-electron chi connectivity index (χ4n) is 0.592. The Bertz CT molecular complexity index is 80.3. The second-order valence-corrected chi connectivity index (χ2v) is 4.24. The molecule has 62 valence electrons. The van der Waals surface area contributed by atoms with Gasteiger partial charge < -0.3 is 19.0 Å². The molecule has 0 aromatic carbocycles. The molecule has 0 radical (unpaired) electrons. The maximum absolute atomic E-state index is 5.22. The van der Waals surface area contributed by atoms with Crippen LogP contribution in [0.2, 0.25) is 0 Å². The Kier molecular flexibility index (Phi) is 4.78. The van der Waals surface area contributed by atoms with E-state index < -0.39 is 8.97 Å². The van der Waals surface area contributed by atoms with Gasteiger partial charge in [0, 0.05) is 28.0 Å². The van der Waals surface area contributed by atoms with Gasteiger partial charge in [-0.15, -0.1) is 0 Å². The number of rotatable bonds is 5. The molecule has 3 N–H and O–H groups in total. The van der Waals surface area contributed by atoms with Gasteiger partial charge in [0.25, 0.3) is 0 Å². The quantitative estimate of drug-likeness (QED) is 0.399. The maximum atomic E-state index is 5.22. The highest BCUT2D eigenvalue weighted by molar-refractivity contribution is 6.57. The van der Waals surface area contributed by atoms with Crippen molar-refractivity contribution in [2.45, 2.75) is 0 Å². The Hall–Kier alpha value is 0.0169. The zero-order valence-electron chi connectivity index (χ0n) is 6.51. The lowest BCUT2D eigenvalue weighted by molar-refractivity contribution is 0.111. The van der Waals surface area contributed by atoms with E-state index in [1.165, 1.54) is 21.3 Å². The summed E-state index contributed by atoms with van der Waals surface area (Å²) in [6.07, 6.45) is 0. The highest BCUT2D eigenvalue weighted by Crippen LogP contribution is 1.98. The minimum Gasteiger partial charge on any atom is -0.364 e. The average Bonchev–Trinajstić information content (AvgIpc) is 2.01. The van der Waals surface area contributed by atoms with Crippen molar-refractivity contribution in [2.24, 2.45) is 5.73 Å². The van der Waals surface area contributed by atoms with E-state index in [-0.39, 0.29) is 6.67 Å². The Labute approximate surface area is 61.9 Å². The normalized spacial score (nSPS) is 12.0. The minimum absolute atomic E-state index is 0.280. The lowest BCUT2D eigenvalue weighted by atomic mass is 11.3. The van der Waals surface area contributed by atoms with Crippen molar-refractivity contribution in [3.05, 3.63) is 0 Å². The molecule has 0 aliphatic heterocycles. The molecule has 0 amide bonds. The minimum atomic E-state index is -2.59. The second kappa shape index (κ2) is 4.77. The van der Waals surface area contributed by atoms with Gasteiger partial charge >= 0.3 is 8.97 Å². The van der Waals surface area contributed by atoms with Crippen LogP contribution in [0.5, 0.6) is 0 Å². The molecular formula is C4H14N2O3Si. The van der Waals surface area contributed by atoms with Crippen LogP contribution in [-0.4, -0.2) is 37.0 Å². The molecule has 0 aromatic rings. The van der Waals surface area contributed by atoms with E-state index in [4.69, 9.17) is 19.0 Å². The summed E-state index contributed by atoms with van der Waals surface area (Å²) in [6.45, 7) is 0.280. The molecule has 6 heteroatoms. The van der Waals surface area contributed by atoms with Crippen LogP contribution in [0.15, 0.2) is 0 Å². The van der Waals surface area contributed by atoms with Crippen molar-refractivity contribution in [3.63, 3.8) is 0 Å². The lowest BCUT2D eigenvalue weighted by Crippen LogP contribution is -2.58. The first-order valence-electron chi connectivity index (χ1n) is 2.85. The van der Waals surface area contributed by atoms with Crippen LogP contribution in [0.4, 0.5) is 0 Å². The molecule has 0 rings (SSSR count). The van der Waals surface area contributed by atoms with E-state index in [0.717, 1.165) is 0 Å². The standard InChI is InChI=1S/C4H14N2O3Si/c1-7-10(8-2,9-3)6-4-5/h6H,4-5H2,1-3H3. The Balaban J connectivity index is 3.87. The predicted octanol–water partition coefficient (Wildman–Crippen LogP) is -1.13. The SMILES string of the molecule is CO[Si](NCN)(OC)OC. The molecule has 0 heterocycles. The van der Waals surface area contributed by atoms with Crippen LogP contribution >= 0.6 is 0 Å². The average molecular weight is 166 g/mol. The van der Waals surface area contributed by atoms with Crippen molar-refractivity contribution in [2.75, 3.05) is 28.0 Å². The van der Waals surface area contributed by atoms with Crippen LogP contribution < -0.4 is 10.7 Å².